The molecule has 4 nitrogen and oxygen atoms in total. The van der Waals surface area contributed by atoms with Crippen molar-refractivity contribution in [2.24, 2.45) is 5.92 Å². The molecule has 122 valence electrons. The first-order valence-corrected chi connectivity index (χ1v) is 8.95. The molecule has 0 unspecified atom stereocenters. The zero-order valence-electron chi connectivity index (χ0n) is 13.2. The third-order valence-corrected chi connectivity index (χ3v) is 5.26. The molecule has 1 atom stereocenters. The van der Waals surface area contributed by atoms with Gasteiger partial charge in [0.25, 0.3) is 0 Å². The van der Waals surface area contributed by atoms with E-state index in [1.807, 2.05) is 0 Å². The minimum Gasteiger partial charge on any atom is -0.496 e. The second-order valence-electron chi connectivity index (χ2n) is 6.07. The lowest BCUT2D eigenvalue weighted by Gasteiger charge is -2.41. The van der Waals surface area contributed by atoms with Crippen molar-refractivity contribution in [2.45, 2.75) is 18.9 Å². The number of benzene rings is 1. The van der Waals surface area contributed by atoms with E-state index in [1.54, 1.807) is 7.11 Å². The summed E-state index contributed by atoms with van der Waals surface area (Å²) < 4.78 is 12.4. The van der Waals surface area contributed by atoms with Crippen molar-refractivity contribution >= 4 is 15.9 Å². The van der Waals surface area contributed by atoms with Gasteiger partial charge >= 0.3 is 0 Å². The Labute approximate surface area is 141 Å². The molecule has 1 aromatic rings. The molecule has 2 heterocycles. The van der Waals surface area contributed by atoms with Crippen LogP contribution in [0, 0.1) is 5.92 Å². The van der Waals surface area contributed by atoms with Crippen LogP contribution < -0.4 is 10.1 Å². The lowest BCUT2D eigenvalue weighted by atomic mass is 9.85. The van der Waals surface area contributed by atoms with Crippen molar-refractivity contribution in [3.8, 4) is 5.75 Å². The van der Waals surface area contributed by atoms with E-state index in [0.29, 0.717) is 12.0 Å². The van der Waals surface area contributed by atoms with Gasteiger partial charge in [-0.25, -0.2) is 0 Å². The van der Waals surface area contributed by atoms with E-state index in [9.17, 15) is 0 Å². The highest BCUT2D eigenvalue weighted by molar-refractivity contribution is 9.10. The van der Waals surface area contributed by atoms with E-state index in [2.05, 4.69) is 44.3 Å². The average Bonchev–Trinajstić information content (AvgIpc) is 2.57. The summed E-state index contributed by atoms with van der Waals surface area (Å²) in [6.07, 6.45) is 2.26. The Balaban J connectivity index is 1.94. The van der Waals surface area contributed by atoms with Gasteiger partial charge in [0.1, 0.15) is 5.75 Å². The lowest BCUT2D eigenvalue weighted by Crippen LogP contribution is -2.47. The monoisotopic (exact) mass is 368 g/mol. The second-order valence-corrected chi connectivity index (χ2v) is 6.98. The maximum atomic E-state index is 5.67. The highest BCUT2D eigenvalue weighted by atomic mass is 79.9. The fourth-order valence-electron chi connectivity index (χ4n) is 3.68. The lowest BCUT2D eigenvalue weighted by molar-refractivity contribution is 0.0206. The third kappa shape index (κ3) is 3.65. The molecule has 2 fully saturated rings. The SMILES string of the molecule is COc1ccc(Br)cc1[C@H](C1CCOCC1)N1CCNCC1. The van der Waals surface area contributed by atoms with E-state index < -0.39 is 0 Å². The second kappa shape index (κ2) is 7.77. The Bertz CT molecular complexity index is 468. The molecule has 1 aromatic carbocycles. The third-order valence-electron chi connectivity index (χ3n) is 4.77. The molecule has 0 saturated carbocycles. The molecule has 22 heavy (non-hydrogen) atoms. The quantitative estimate of drug-likeness (QED) is 0.885. The van der Waals surface area contributed by atoms with Crippen LogP contribution >= 0.6 is 15.9 Å². The molecule has 0 amide bonds. The van der Waals surface area contributed by atoms with Gasteiger partial charge < -0.3 is 14.8 Å². The number of methoxy groups -OCH3 is 1. The van der Waals surface area contributed by atoms with E-state index in [-0.39, 0.29) is 0 Å². The summed E-state index contributed by atoms with van der Waals surface area (Å²) in [6, 6.07) is 6.79. The Morgan fingerprint density at radius 3 is 2.68 bits per heavy atom. The summed E-state index contributed by atoms with van der Waals surface area (Å²) in [5.41, 5.74) is 1.31. The number of nitrogens with one attached hydrogen (secondary N) is 1. The molecule has 0 bridgehead atoms. The zero-order valence-corrected chi connectivity index (χ0v) is 14.8. The van der Waals surface area contributed by atoms with Gasteiger partial charge in [0, 0.05) is 55.5 Å². The van der Waals surface area contributed by atoms with Crippen LogP contribution in [0.25, 0.3) is 0 Å². The number of piperazine rings is 1. The summed E-state index contributed by atoms with van der Waals surface area (Å²) in [7, 11) is 1.77. The number of nitrogens with zero attached hydrogens (tertiary/aromatic N) is 1. The topological polar surface area (TPSA) is 33.7 Å². The van der Waals surface area contributed by atoms with Crippen LogP contribution in [0.15, 0.2) is 22.7 Å². The fraction of sp³-hybridized carbons (Fsp3) is 0.647. The van der Waals surface area contributed by atoms with E-state index in [4.69, 9.17) is 9.47 Å². The van der Waals surface area contributed by atoms with Gasteiger partial charge in [0.15, 0.2) is 0 Å². The Kier molecular flexibility index (Phi) is 5.74. The molecule has 2 aliphatic rings. The van der Waals surface area contributed by atoms with Crippen LogP contribution in [0.1, 0.15) is 24.4 Å². The number of hydrogen-bond acceptors (Lipinski definition) is 4. The highest BCUT2D eigenvalue weighted by Crippen LogP contribution is 2.40. The predicted octanol–water partition coefficient (Wildman–Crippen LogP) is 2.83. The van der Waals surface area contributed by atoms with Gasteiger partial charge in [-0.15, -0.1) is 0 Å². The van der Waals surface area contributed by atoms with E-state index >= 15 is 0 Å². The number of halogens is 1. The molecule has 3 rings (SSSR count). The van der Waals surface area contributed by atoms with Crippen molar-refractivity contribution in [2.75, 3.05) is 46.5 Å². The maximum Gasteiger partial charge on any atom is 0.123 e. The minimum atomic E-state index is 0.415. The Hall–Kier alpha value is -0.620. The standard InChI is InChI=1S/C17H25BrN2O2/c1-21-16-3-2-14(18)12-15(16)17(13-4-10-22-11-5-13)20-8-6-19-7-9-20/h2-3,12-13,17,19H,4-11H2,1H3/t17-/m0/s1. The molecule has 5 heteroatoms. The largest absolute Gasteiger partial charge is 0.496 e. The van der Waals surface area contributed by atoms with Gasteiger partial charge in [-0.1, -0.05) is 15.9 Å². The molecule has 0 spiro atoms. The van der Waals surface area contributed by atoms with Crippen LogP contribution in [0.5, 0.6) is 5.75 Å². The first-order chi connectivity index (χ1) is 10.8. The molecule has 2 saturated heterocycles. The van der Waals surface area contributed by atoms with Crippen LogP contribution in [0.4, 0.5) is 0 Å². The van der Waals surface area contributed by atoms with Gasteiger partial charge in [0.05, 0.1) is 7.11 Å². The fourth-order valence-corrected chi connectivity index (χ4v) is 4.06. The molecule has 0 aliphatic carbocycles. The summed E-state index contributed by atoms with van der Waals surface area (Å²) in [5.74, 6) is 1.63. The van der Waals surface area contributed by atoms with Crippen molar-refractivity contribution in [1.29, 1.82) is 0 Å². The zero-order chi connectivity index (χ0) is 15.4. The Morgan fingerprint density at radius 2 is 2.00 bits per heavy atom. The molecule has 0 aromatic heterocycles. The summed E-state index contributed by atoms with van der Waals surface area (Å²) in [5, 5.41) is 3.46. The highest BCUT2D eigenvalue weighted by Gasteiger charge is 2.33. The van der Waals surface area contributed by atoms with E-state index in [1.165, 1.54) is 5.56 Å². The van der Waals surface area contributed by atoms with E-state index in [0.717, 1.165) is 62.5 Å². The smallest absolute Gasteiger partial charge is 0.123 e. The Morgan fingerprint density at radius 1 is 1.27 bits per heavy atom. The normalized spacial score (nSPS) is 22.5. The van der Waals surface area contributed by atoms with Crippen molar-refractivity contribution < 1.29 is 9.47 Å². The van der Waals surface area contributed by atoms with Crippen LogP contribution in [0.2, 0.25) is 0 Å². The number of ether oxygens (including phenoxy) is 2. The van der Waals surface area contributed by atoms with Crippen LogP contribution in [-0.2, 0) is 4.74 Å². The minimum absolute atomic E-state index is 0.415. The summed E-state index contributed by atoms with van der Waals surface area (Å²) in [4.78, 5) is 2.62. The van der Waals surface area contributed by atoms with Gasteiger partial charge in [0.2, 0.25) is 0 Å². The van der Waals surface area contributed by atoms with Crippen LogP contribution in [-0.4, -0.2) is 51.4 Å². The number of hydrogen-bond donors (Lipinski definition) is 1. The molecular weight excluding hydrogens is 344 g/mol. The van der Waals surface area contributed by atoms with Gasteiger partial charge in [-0.3, -0.25) is 4.90 Å². The molecular formula is C17H25BrN2O2. The van der Waals surface area contributed by atoms with Gasteiger partial charge in [-0.05, 0) is 37.0 Å². The summed E-state index contributed by atoms with van der Waals surface area (Å²) >= 11 is 3.63. The van der Waals surface area contributed by atoms with Crippen molar-refractivity contribution in [3.05, 3.63) is 28.2 Å². The van der Waals surface area contributed by atoms with Crippen molar-refractivity contribution in [3.63, 3.8) is 0 Å². The van der Waals surface area contributed by atoms with Gasteiger partial charge in [-0.2, -0.15) is 0 Å². The molecule has 1 N–H and O–H groups in total. The number of rotatable bonds is 4. The maximum absolute atomic E-state index is 5.67. The van der Waals surface area contributed by atoms with Crippen molar-refractivity contribution in [1.82, 2.24) is 10.2 Å². The average molecular weight is 369 g/mol. The summed E-state index contributed by atoms with van der Waals surface area (Å²) in [6.45, 7) is 6.08. The molecule has 2 aliphatic heterocycles. The first kappa shape index (κ1) is 16.2. The van der Waals surface area contributed by atoms with Crippen LogP contribution in [0.3, 0.4) is 0 Å². The molecule has 0 radical (unpaired) electrons. The predicted molar refractivity (Wildman–Crippen MR) is 91.4 cm³/mol. The first-order valence-electron chi connectivity index (χ1n) is 8.15.